The molecule has 2 rings (SSSR count). The Balaban J connectivity index is 2.58. The van der Waals surface area contributed by atoms with Crippen LogP contribution in [0.2, 0.25) is 0 Å². The molecule has 0 bridgehead atoms. The van der Waals surface area contributed by atoms with Crippen LogP contribution in [0.1, 0.15) is 0 Å². The normalized spacial score (nSPS) is 10.1. The van der Waals surface area contributed by atoms with Gasteiger partial charge in [0.2, 0.25) is 0 Å². The molecule has 5 N–H and O–H groups in total. The van der Waals surface area contributed by atoms with Crippen LogP contribution in [0.4, 0.5) is 11.4 Å². The summed E-state index contributed by atoms with van der Waals surface area (Å²) in [6.07, 6.45) is 0. The van der Waals surface area contributed by atoms with Gasteiger partial charge >= 0.3 is 0 Å². The lowest BCUT2D eigenvalue weighted by atomic mass is 10.0. The van der Waals surface area contributed by atoms with Gasteiger partial charge in [0.25, 0.3) is 0 Å². The number of phenols is 1. The number of aromatic hydroxyl groups is 1. The maximum Gasteiger partial charge on any atom is 0.116 e. The van der Waals surface area contributed by atoms with Crippen LogP contribution in [0.3, 0.4) is 0 Å². The minimum atomic E-state index is 0.196. The van der Waals surface area contributed by atoms with E-state index in [9.17, 15) is 5.11 Å². The van der Waals surface area contributed by atoms with Crippen molar-refractivity contribution in [3.05, 3.63) is 42.5 Å². The lowest BCUT2D eigenvalue weighted by Crippen LogP contribution is -1.91. The first-order valence-electron chi connectivity index (χ1n) is 4.61. The smallest absolute Gasteiger partial charge is 0.116 e. The third kappa shape index (κ3) is 1.86. The second-order valence-electron chi connectivity index (χ2n) is 3.40. The SMILES string of the molecule is Nc1cccc(-c2cc(O)ccc2N)c1. The molecule has 0 amide bonds. The molecule has 3 nitrogen and oxygen atoms in total. The number of hydrogen-bond acceptors (Lipinski definition) is 3. The molecule has 0 aliphatic carbocycles. The van der Waals surface area contributed by atoms with E-state index in [0.29, 0.717) is 11.4 Å². The lowest BCUT2D eigenvalue weighted by Gasteiger charge is -2.07. The van der Waals surface area contributed by atoms with E-state index < -0.39 is 0 Å². The lowest BCUT2D eigenvalue weighted by molar-refractivity contribution is 0.475. The highest BCUT2D eigenvalue weighted by atomic mass is 16.3. The average Bonchev–Trinajstić information content (AvgIpc) is 2.22. The maximum atomic E-state index is 9.38. The fraction of sp³-hybridized carbons (Fsp3) is 0. The molecule has 0 saturated carbocycles. The van der Waals surface area contributed by atoms with Crippen LogP contribution in [0, 0.1) is 0 Å². The Labute approximate surface area is 88.0 Å². The minimum absolute atomic E-state index is 0.196. The van der Waals surface area contributed by atoms with Crippen molar-refractivity contribution in [2.24, 2.45) is 0 Å². The first kappa shape index (κ1) is 9.40. The molecule has 0 aromatic heterocycles. The Bertz CT molecular complexity index is 495. The molecule has 3 heteroatoms. The van der Waals surface area contributed by atoms with Gasteiger partial charge in [-0.3, -0.25) is 0 Å². The van der Waals surface area contributed by atoms with E-state index in [0.717, 1.165) is 11.1 Å². The molecule has 0 radical (unpaired) electrons. The molecule has 2 aromatic carbocycles. The molecule has 0 saturated heterocycles. The van der Waals surface area contributed by atoms with E-state index in [2.05, 4.69) is 0 Å². The van der Waals surface area contributed by atoms with Crippen molar-refractivity contribution >= 4 is 11.4 Å². The Kier molecular flexibility index (Phi) is 2.21. The number of phenolic OH excluding ortho intramolecular Hbond substituents is 1. The van der Waals surface area contributed by atoms with Gasteiger partial charge in [-0.1, -0.05) is 12.1 Å². The monoisotopic (exact) mass is 200 g/mol. The number of rotatable bonds is 1. The summed E-state index contributed by atoms with van der Waals surface area (Å²) in [6.45, 7) is 0. The summed E-state index contributed by atoms with van der Waals surface area (Å²) in [6, 6.07) is 12.3. The van der Waals surface area contributed by atoms with Gasteiger partial charge in [0, 0.05) is 16.9 Å². The van der Waals surface area contributed by atoms with Crippen molar-refractivity contribution in [3.8, 4) is 16.9 Å². The topological polar surface area (TPSA) is 72.3 Å². The van der Waals surface area contributed by atoms with Gasteiger partial charge < -0.3 is 16.6 Å². The molecule has 0 heterocycles. The molecule has 76 valence electrons. The quantitative estimate of drug-likeness (QED) is 0.488. The van der Waals surface area contributed by atoms with Crippen molar-refractivity contribution in [1.29, 1.82) is 0 Å². The Morgan fingerprint density at radius 1 is 0.933 bits per heavy atom. The summed E-state index contributed by atoms with van der Waals surface area (Å²) in [7, 11) is 0. The van der Waals surface area contributed by atoms with Crippen LogP contribution in [-0.2, 0) is 0 Å². The molecule has 0 unspecified atom stereocenters. The molecule has 0 aliphatic heterocycles. The summed E-state index contributed by atoms with van der Waals surface area (Å²) >= 11 is 0. The van der Waals surface area contributed by atoms with Crippen LogP contribution in [-0.4, -0.2) is 5.11 Å². The first-order chi connectivity index (χ1) is 7.16. The van der Waals surface area contributed by atoms with E-state index >= 15 is 0 Å². The van der Waals surface area contributed by atoms with Crippen molar-refractivity contribution in [2.45, 2.75) is 0 Å². The average molecular weight is 200 g/mol. The van der Waals surface area contributed by atoms with Crippen LogP contribution in [0.15, 0.2) is 42.5 Å². The minimum Gasteiger partial charge on any atom is -0.508 e. The third-order valence-corrected chi connectivity index (χ3v) is 2.23. The van der Waals surface area contributed by atoms with Crippen LogP contribution >= 0.6 is 0 Å². The van der Waals surface area contributed by atoms with Crippen LogP contribution < -0.4 is 11.5 Å². The van der Waals surface area contributed by atoms with Gasteiger partial charge in [0.15, 0.2) is 0 Å². The second-order valence-corrected chi connectivity index (χ2v) is 3.40. The number of anilines is 2. The Morgan fingerprint density at radius 3 is 2.47 bits per heavy atom. The van der Waals surface area contributed by atoms with Crippen LogP contribution in [0.25, 0.3) is 11.1 Å². The van der Waals surface area contributed by atoms with Crippen molar-refractivity contribution in [2.75, 3.05) is 11.5 Å². The molecule has 15 heavy (non-hydrogen) atoms. The summed E-state index contributed by atoms with van der Waals surface area (Å²) in [4.78, 5) is 0. The van der Waals surface area contributed by atoms with E-state index in [1.807, 2.05) is 24.3 Å². The predicted octanol–water partition coefficient (Wildman–Crippen LogP) is 2.22. The highest BCUT2D eigenvalue weighted by molar-refractivity contribution is 5.79. The molecular formula is C12H12N2O. The third-order valence-electron chi connectivity index (χ3n) is 2.23. The van der Waals surface area contributed by atoms with Crippen LogP contribution in [0.5, 0.6) is 5.75 Å². The summed E-state index contributed by atoms with van der Waals surface area (Å²) in [5.41, 5.74) is 14.5. The van der Waals surface area contributed by atoms with Crippen molar-refractivity contribution in [1.82, 2.24) is 0 Å². The first-order valence-corrected chi connectivity index (χ1v) is 4.61. The van der Waals surface area contributed by atoms with E-state index in [-0.39, 0.29) is 5.75 Å². The standard InChI is InChI=1S/C12H12N2O/c13-9-3-1-2-8(6-9)11-7-10(15)4-5-12(11)14/h1-7,15H,13-14H2. The van der Waals surface area contributed by atoms with E-state index in [4.69, 9.17) is 11.5 Å². The summed E-state index contributed by atoms with van der Waals surface area (Å²) in [5.74, 6) is 0.196. The van der Waals surface area contributed by atoms with Gasteiger partial charge in [-0.25, -0.2) is 0 Å². The fourth-order valence-electron chi connectivity index (χ4n) is 1.50. The number of nitrogen functional groups attached to an aromatic ring is 2. The van der Waals surface area contributed by atoms with Gasteiger partial charge in [-0.15, -0.1) is 0 Å². The van der Waals surface area contributed by atoms with Crippen molar-refractivity contribution < 1.29 is 5.11 Å². The van der Waals surface area contributed by atoms with Gasteiger partial charge in [-0.05, 0) is 35.9 Å². The highest BCUT2D eigenvalue weighted by Crippen LogP contribution is 2.30. The highest BCUT2D eigenvalue weighted by Gasteiger charge is 2.03. The zero-order valence-electron chi connectivity index (χ0n) is 8.14. The Hall–Kier alpha value is -2.16. The van der Waals surface area contributed by atoms with E-state index in [1.54, 1.807) is 18.2 Å². The fourth-order valence-corrected chi connectivity index (χ4v) is 1.50. The molecule has 0 aliphatic rings. The number of hydrogen-bond donors (Lipinski definition) is 3. The number of nitrogens with two attached hydrogens (primary N) is 2. The van der Waals surface area contributed by atoms with Gasteiger partial charge in [-0.2, -0.15) is 0 Å². The predicted molar refractivity (Wildman–Crippen MR) is 62.4 cm³/mol. The summed E-state index contributed by atoms with van der Waals surface area (Å²) < 4.78 is 0. The van der Waals surface area contributed by atoms with Crippen molar-refractivity contribution in [3.63, 3.8) is 0 Å². The zero-order valence-corrected chi connectivity index (χ0v) is 8.14. The number of benzene rings is 2. The molecular weight excluding hydrogens is 188 g/mol. The summed E-state index contributed by atoms with van der Waals surface area (Å²) in [5, 5.41) is 9.38. The van der Waals surface area contributed by atoms with Gasteiger partial charge in [0.05, 0.1) is 0 Å². The van der Waals surface area contributed by atoms with E-state index in [1.165, 1.54) is 0 Å². The maximum absolute atomic E-state index is 9.38. The zero-order chi connectivity index (χ0) is 10.8. The Morgan fingerprint density at radius 2 is 1.73 bits per heavy atom. The van der Waals surface area contributed by atoms with Gasteiger partial charge in [0.1, 0.15) is 5.75 Å². The molecule has 0 atom stereocenters. The largest absolute Gasteiger partial charge is 0.508 e. The molecule has 0 spiro atoms. The molecule has 2 aromatic rings. The second kappa shape index (κ2) is 3.53. The molecule has 0 fully saturated rings.